The van der Waals surface area contributed by atoms with E-state index < -0.39 is 0 Å². The summed E-state index contributed by atoms with van der Waals surface area (Å²) in [5, 5.41) is 5.66. The molecule has 2 aliphatic heterocycles. The van der Waals surface area contributed by atoms with Crippen molar-refractivity contribution < 1.29 is 28.5 Å². The third-order valence-electron chi connectivity index (χ3n) is 4.32. The Labute approximate surface area is 171 Å². The number of amides is 2. The highest BCUT2D eigenvalue weighted by atomic mass is 32.2. The van der Waals surface area contributed by atoms with E-state index in [4.69, 9.17) is 18.9 Å². The van der Waals surface area contributed by atoms with Crippen LogP contribution in [0.3, 0.4) is 0 Å². The van der Waals surface area contributed by atoms with Crippen LogP contribution < -0.4 is 29.6 Å². The van der Waals surface area contributed by atoms with Gasteiger partial charge < -0.3 is 29.6 Å². The normalized spacial score (nSPS) is 13.2. The average molecular weight is 416 g/mol. The average Bonchev–Trinajstić information content (AvgIpc) is 3.39. The Morgan fingerprint density at radius 3 is 1.66 bits per heavy atom. The van der Waals surface area contributed by atoms with Crippen LogP contribution >= 0.6 is 11.8 Å². The third kappa shape index (κ3) is 5.05. The molecule has 0 aromatic heterocycles. The molecule has 0 saturated heterocycles. The molecule has 0 spiro atoms. The first-order valence-corrected chi connectivity index (χ1v) is 10.2. The Bertz CT molecular complexity index is 846. The van der Waals surface area contributed by atoms with Gasteiger partial charge in [0.1, 0.15) is 0 Å². The number of hydrogen-bond acceptors (Lipinski definition) is 7. The fraction of sp³-hybridized carbons (Fsp3) is 0.300. The van der Waals surface area contributed by atoms with Crippen molar-refractivity contribution in [1.82, 2.24) is 10.6 Å². The fourth-order valence-corrected chi connectivity index (χ4v) is 3.52. The zero-order chi connectivity index (χ0) is 20.1. The highest BCUT2D eigenvalue weighted by Gasteiger charge is 2.15. The second kappa shape index (κ2) is 8.95. The van der Waals surface area contributed by atoms with Crippen molar-refractivity contribution >= 4 is 23.6 Å². The maximum absolute atomic E-state index is 12.0. The Morgan fingerprint density at radius 1 is 0.724 bits per heavy atom. The van der Waals surface area contributed by atoms with Gasteiger partial charge >= 0.3 is 0 Å². The molecular formula is C20H20N2O6S. The lowest BCUT2D eigenvalue weighted by atomic mass is 10.2. The van der Waals surface area contributed by atoms with Gasteiger partial charge in [0.05, 0.1) is 11.5 Å². The monoisotopic (exact) mass is 416 g/mol. The molecule has 0 saturated carbocycles. The van der Waals surface area contributed by atoms with Crippen LogP contribution in [0.15, 0.2) is 36.4 Å². The summed E-state index contributed by atoms with van der Waals surface area (Å²) in [4.78, 5) is 23.9. The van der Waals surface area contributed by atoms with Crippen LogP contribution in [-0.2, 0) is 22.7 Å². The predicted octanol–water partition coefficient (Wildman–Crippen LogP) is 1.81. The van der Waals surface area contributed by atoms with Crippen molar-refractivity contribution in [1.29, 1.82) is 0 Å². The number of fused-ring (bicyclic) bond motifs is 2. The molecule has 0 atom stereocenters. The van der Waals surface area contributed by atoms with Crippen molar-refractivity contribution in [2.24, 2.45) is 0 Å². The number of hydrogen-bond donors (Lipinski definition) is 2. The smallest absolute Gasteiger partial charge is 0.231 e. The van der Waals surface area contributed by atoms with Crippen LogP contribution in [0.1, 0.15) is 11.1 Å². The minimum absolute atomic E-state index is 0.128. The van der Waals surface area contributed by atoms with E-state index in [-0.39, 0.29) is 36.9 Å². The van der Waals surface area contributed by atoms with Crippen LogP contribution in [0, 0.1) is 0 Å². The van der Waals surface area contributed by atoms with Gasteiger partial charge in [-0.1, -0.05) is 12.1 Å². The minimum atomic E-state index is -0.128. The molecule has 9 heteroatoms. The largest absolute Gasteiger partial charge is 0.454 e. The number of ether oxygens (including phenoxy) is 4. The van der Waals surface area contributed by atoms with E-state index in [1.54, 1.807) is 0 Å². The predicted molar refractivity (Wildman–Crippen MR) is 106 cm³/mol. The van der Waals surface area contributed by atoms with Crippen molar-refractivity contribution in [2.75, 3.05) is 25.1 Å². The van der Waals surface area contributed by atoms with E-state index in [1.807, 2.05) is 36.4 Å². The van der Waals surface area contributed by atoms with Crippen molar-refractivity contribution in [3.8, 4) is 23.0 Å². The van der Waals surface area contributed by atoms with Gasteiger partial charge in [-0.15, -0.1) is 11.8 Å². The van der Waals surface area contributed by atoms with E-state index in [9.17, 15) is 9.59 Å². The van der Waals surface area contributed by atoms with E-state index in [2.05, 4.69) is 10.6 Å². The van der Waals surface area contributed by atoms with Gasteiger partial charge in [0.2, 0.25) is 25.4 Å². The van der Waals surface area contributed by atoms with Crippen molar-refractivity contribution in [3.63, 3.8) is 0 Å². The lowest BCUT2D eigenvalue weighted by Crippen LogP contribution is -2.27. The van der Waals surface area contributed by atoms with Gasteiger partial charge in [0, 0.05) is 13.1 Å². The molecular weight excluding hydrogens is 396 g/mol. The van der Waals surface area contributed by atoms with Gasteiger partial charge in [-0.05, 0) is 35.4 Å². The number of rotatable bonds is 8. The molecule has 0 aliphatic carbocycles. The number of benzene rings is 2. The zero-order valence-electron chi connectivity index (χ0n) is 15.6. The summed E-state index contributed by atoms with van der Waals surface area (Å²) in [5.41, 5.74) is 1.85. The zero-order valence-corrected chi connectivity index (χ0v) is 16.4. The van der Waals surface area contributed by atoms with Crippen molar-refractivity contribution in [3.05, 3.63) is 47.5 Å². The number of nitrogens with one attached hydrogen (secondary N) is 2. The molecule has 0 radical (unpaired) electrons. The summed E-state index contributed by atoms with van der Waals surface area (Å²) < 4.78 is 21.2. The molecule has 0 bridgehead atoms. The summed E-state index contributed by atoms with van der Waals surface area (Å²) in [6, 6.07) is 11.1. The standard InChI is InChI=1S/C20H20N2O6S/c23-19(21-7-13-1-3-15-17(5-13)27-11-25-15)9-29-10-20(24)22-8-14-2-4-16-18(6-14)28-12-26-16/h1-6H,7-12H2,(H,21,23)(H,22,24). The van der Waals surface area contributed by atoms with Gasteiger partial charge in [-0.3, -0.25) is 9.59 Å². The van der Waals surface area contributed by atoms with Gasteiger partial charge in [-0.2, -0.15) is 0 Å². The summed E-state index contributed by atoms with van der Waals surface area (Å²) in [6.07, 6.45) is 0. The minimum Gasteiger partial charge on any atom is -0.454 e. The van der Waals surface area contributed by atoms with Crippen LogP contribution in [0.2, 0.25) is 0 Å². The second-order valence-corrected chi connectivity index (χ2v) is 7.41. The molecule has 8 nitrogen and oxygen atoms in total. The molecule has 152 valence electrons. The topological polar surface area (TPSA) is 95.1 Å². The van der Waals surface area contributed by atoms with Crippen molar-refractivity contribution in [2.45, 2.75) is 13.1 Å². The first-order chi connectivity index (χ1) is 14.2. The summed E-state index contributed by atoms with van der Waals surface area (Å²) in [6.45, 7) is 1.23. The highest BCUT2D eigenvalue weighted by Crippen LogP contribution is 2.33. The van der Waals surface area contributed by atoms with Gasteiger partial charge in [0.25, 0.3) is 0 Å². The molecule has 2 aromatic carbocycles. The molecule has 2 aromatic rings. The molecule has 0 unspecified atom stereocenters. The Hall–Kier alpha value is -3.07. The SMILES string of the molecule is O=C(CSCC(=O)NCc1ccc2c(c1)OCO2)NCc1ccc2c(c1)OCO2. The number of thioether (sulfide) groups is 1. The van der Waals surface area contributed by atoms with E-state index in [0.717, 1.165) is 11.1 Å². The molecule has 2 N–H and O–H groups in total. The second-order valence-electron chi connectivity index (χ2n) is 6.42. The van der Waals surface area contributed by atoms with E-state index >= 15 is 0 Å². The van der Waals surface area contributed by atoms with E-state index in [0.29, 0.717) is 36.1 Å². The fourth-order valence-electron chi connectivity index (χ4n) is 2.84. The number of carbonyl (C=O) groups is 2. The van der Waals surface area contributed by atoms with Crippen LogP contribution in [0.4, 0.5) is 0 Å². The maximum Gasteiger partial charge on any atom is 0.231 e. The summed E-state index contributed by atoms with van der Waals surface area (Å²) in [7, 11) is 0. The maximum atomic E-state index is 12.0. The van der Waals surface area contributed by atoms with Crippen LogP contribution in [0.5, 0.6) is 23.0 Å². The molecule has 2 amide bonds. The van der Waals surface area contributed by atoms with Gasteiger partial charge in [-0.25, -0.2) is 0 Å². The van der Waals surface area contributed by atoms with Crippen LogP contribution in [0.25, 0.3) is 0 Å². The third-order valence-corrected chi connectivity index (χ3v) is 5.25. The molecule has 4 rings (SSSR count). The Balaban J connectivity index is 1.12. The van der Waals surface area contributed by atoms with Gasteiger partial charge in [0.15, 0.2) is 23.0 Å². The lowest BCUT2D eigenvalue weighted by Gasteiger charge is -2.07. The first-order valence-electron chi connectivity index (χ1n) is 9.05. The Kier molecular flexibility index (Phi) is 5.95. The van der Waals surface area contributed by atoms with E-state index in [1.165, 1.54) is 11.8 Å². The molecule has 0 fully saturated rings. The highest BCUT2D eigenvalue weighted by molar-refractivity contribution is 8.00. The van der Waals surface area contributed by atoms with Crippen LogP contribution in [-0.4, -0.2) is 36.9 Å². The first kappa shape index (κ1) is 19.3. The summed E-state index contributed by atoms with van der Waals surface area (Å²) in [5.74, 6) is 2.96. The molecule has 2 heterocycles. The quantitative estimate of drug-likeness (QED) is 0.678. The number of carbonyl (C=O) groups excluding carboxylic acids is 2. The summed E-state index contributed by atoms with van der Waals surface area (Å²) >= 11 is 1.27. The molecule has 29 heavy (non-hydrogen) atoms. The Morgan fingerprint density at radius 2 is 1.17 bits per heavy atom. The lowest BCUT2D eigenvalue weighted by molar-refractivity contribution is -0.119. The molecule has 2 aliphatic rings.